The summed E-state index contributed by atoms with van der Waals surface area (Å²) in [6.45, 7) is 2.28. The lowest BCUT2D eigenvalue weighted by atomic mass is 9.98. The van der Waals surface area contributed by atoms with E-state index in [9.17, 15) is 9.59 Å². The Labute approximate surface area is 140 Å². The van der Waals surface area contributed by atoms with Crippen LogP contribution in [0.4, 0.5) is 0 Å². The second-order valence-electron chi connectivity index (χ2n) is 5.71. The Hall–Kier alpha value is -2.66. The van der Waals surface area contributed by atoms with Gasteiger partial charge in [-0.25, -0.2) is 4.79 Å². The van der Waals surface area contributed by atoms with Crippen molar-refractivity contribution in [2.45, 2.75) is 25.7 Å². The van der Waals surface area contributed by atoms with Crippen LogP contribution in [0.25, 0.3) is 11.1 Å². The monoisotopic (exact) mass is 325 g/mol. The SMILES string of the molecule is COC(=O)c1cccc(-c2ccccc2CNC(=O)[C@@H]2O[C@H]2C)c1. The molecule has 5 nitrogen and oxygen atoms in total. The normalized spacial score (nSPS) is 18.8. The summed E-state index contributed by atoms with van der Waals surface area (Å²) < 4.78 is 9.94. The number of rotatable bonds is 5. The van der Waals surface area contributed by atoms with Gasteiger partial charge in [0.15, 0.2) is 6.10 Å². The minimum atomic E-state index is -0.373. The molecule has 2 aromatic rings. The zero-order valence-electron chi connectivity index (χ0n) is 13.6. The van der Waals surface area contributed by atoms with E-state index in [-0.39, 0.29) is 24.1 Å². The van der Waals surface area contributed by atoms with Gasteiger partial charge in [-0.15, -0.1) is 0 Å². The second-order valence-corrected chi connectivity index (χ2v) is 5.71. The minimum absolute atomic E-state index is 0.00279. The van der Waals surface area contributed by atoms with Crippen LogP contribution >= 0.6 is 0 Å². The summed E-state index contributed by atoms with van der Waals surface area (Å²) in [4.78, 5) is 23.6. The van der Waals surface area contributed by atoms with Crippen LogP contribution in [0, 0.1) is 0 Å². The molecule has 2 aromatic carbocycles. The first-order valence-electron chi connectivity index (χ1n) is 7.80. The van der Waals surface area contributed by atoms with Crippen molar-refractivity contribution in [3.05, 3.63) is 59.7 Å². The molecule has 2 atom stereocenters. The summed E-state index contributed by atoms with van der Waals surface area (Å²) in [6, 6.07) is 15.0. The molecule has 0 spiro atoms. The fraction of sp³-hybridized carbons (Fsp3) is 0.263. The first kappa shape index (κ1) is 16.2. The van der Waals surface area contributed by atoms with Crippen LogP contribution in [0.15, 0.2) is 48.5 Å². The molecule has 24 heavy (non-hydrogen) atoms. The third kappa shape index (κ3) is 3.46. The summed E-state index contributed by atoms with van der Waals surface area (Å²) in [5.74, 6) is -0.469. The van der Waals surface area contributed by atoms with Gasteiger partial charge >= 0.3 is 5.97 Å². The van der Waals surface area contributed by atoms with Crippen LogP contribution < -0.4 is 5.32 Å². The quantitative estimate of drug-likeness (QED) is 0.677. The number of carbonyl (C=O) groups is 2. The Kier molecular flexibility index (Phi) is 4.62. The smallest absolute Gasteiger partial charge is 0.337 e. The molecule has 1 aliphatic rings. The maximum Gasteiger partial charge on any atom is 0.337 e. The van der Waals surface area contributed by atoms with Crippen LogP contribution in [-0.4, -0.2) is 31.2 Å². The Balaban J connectivity index is 1.81. The fourth-order valence-electron chi connectivity index (χ4n) is 2.63. The second kappa shape index (κ2) is 6.84. The number of nitrogens with one attached hydrogen (secondary N) is 1. The topological polar surface area (TPSA) is 67.9 Å². The number of amides is 1. The molecule has 0 saturated carbocycles. The van der Waals surface area contributed by atoms with Gasteiger partial charge in [-0.2, -0.15) is 0 Å². The zero-order valence-corrected chi connectivity index (χ0v) is 13.6. The van der Waals surface area contributed by atoms with Crippen LogP contribution in [0.2, 0.25) is 0 Å². The van der Waals surface area contributed by atoms with Crippen molar-refractivity contribution in [2.24, 2.45) is 0 Å². The molecule has 0 bridgehead atoms. The highest BCUT2D eigenvalue weighted by molar-refractivity contribution is 5.91. The first-order chi connectivity index (χ1) is 11.6. The van der Waals surface area contributed by atoms with E-state index < -0.39 is 0 Å². The van der Waals surface area contributed by atoms with E-state index in [4.69, 9.17) is 9.47 Å². The zero-order chi connectivity index (χ0) is 17.1. The standard InChI is InChI=1S/C19H19NO4/c1-12-17(24-12)18(21)20-11-15-6-3-4-9-16(15)13-7-5-8-14(10-13)19(22)23-2/h3-10,12,17H,11H2,1-2H3,(H,20,21)/t12-,17+/m0/s1. The van der Waals surface area contributed by atoms with E-state index in [1.54, 1.807) is 12.1 Å². The molecule has 0 aliphatic carbocycles. The molecule has 1 heterocycles. The molecule has 1 fully saturated rings. The maximum absolute atomic E-state index is 11.9. The fourth-order valence-corrected chi connectivity index (χ4v) is 2.63. The summed E-state index contributed by atoms with van der Waals surface area (Å²) in [7, 11) is 1.36. The Bertz CT molecular complexity index is 771. The van der Waals surface area contributed by atoms with Gasteiger partial charge in [0.1, 0.15) is 0 Å². The summed E-state index contributed by atoms with van der Waals surface area (Å²) in [6.07, 6.45) is -0.336. The van der Waals surface area contributed by atoms with Gasteiger partial charge in [0, 0.05) is 6.54 Å². The van der Waals surface area contributed by atoms with E-state index in [2.05, 4.69) is 5.32 Å². The summed E-state index contributed by atoms with van der Waals surface area (Å²) in [5, 5.41) is 2.89. The predicted octanol–water partition coefficient (Wildman–Crippen LogP) is 2.54. The lowest BCUT2D eigenvalue weighted by molar-refractivity contribution is -0.122. The van der Waals surface area contributed by atoms with Crippen molar-refractivity contribution < 1.29 is 19.1 Å². The Morgan fingerprint density at radius 3 is 2.62 bits per heavy atom. The lowest BCUT2D eigenvalue weighted by Gasteiger charge is -2.11. The highest BCUT2D eigenvalue weighted by Crippen LogP contribution is 2.25. The van der Waals surface area contributed by atoms with Crippen molar-refractivity contribution in [3.8, 4) is 11.1 Å². The van der Waals surface area contributed by atoms with Gasteiger partial charge in [-0.3, -0.25) is 4.79 Å². The van der Waals surface area contributed by atoms with Crippen LogP contribution in [0.3, 0.4) is 0 Å². The third-order valence-electron chi connectivity index (χ3n) is 4.03. The van der Waals surface area contributed by atoms with Gasteiger partial charge < -0.3 is 14.8 Å². The average molecular weight is 325 g/mol. The molecular weight excluding hydrogens is 306 g/mol. The van der Waals surface area contributed by atoms with E-state index in [0.29, 0.717) is 12.1 Å². The molecule has 5 heteroatoms. The number of hydrogen-bond acceptors (Lipinski definition) is 4. The maximum atomic E-state index is 11.9. The third-order valence-corrected chi connectivity index (χ3v) is 4.03. The molecule has 0 unspecified atom stereocenters. The van der Waals surface area contributed by atoms with E-state index in [0.717, 1.165) is 16.7 Å². The van der Waals surface area contributed by atoms with Crippen molar-refractivity contribution in [1.82, 2.24) is 5.32 Å². The highest BCUT2D eigenvalue weighted by atomic mass is 16.6. The van der Waals surface area contributed by atoms with Gasteiger partial charge in [0.25, 0.3) is 5.91 Å². The van der Waals surface area contributed by atoms with E-state index in [1.807, 2.05) is 43.3 Å². The molecular formula is C19H19NO4. The number of hydrogen-bond donors (Lipinski definition) is 1. The van der Waals surface area contributed by atoms with Crippen molar-refractivity contribution >= 4 is 11.9 Å². The number of ether oxygens (including phenoxy) is 2. The van der Waals surface area contributed by atoms with E-state index >= 15 is 0 Å². The molecule has 1 amide bonds. The number of carbonyl (C=O) groups excluding carboxylic acids is 2. The summed E-state index contributed by atoms with van der Waals surface area (Å²) in [5.41, 5.74) is 3.34. The van der Waals surface area contributed by atoms with Crippen molar-refractivity contribution in [2.75, 3.05) is 7.11 Å². The number of esters is 1. The Morgan fingerprint density at radius 2 is 1.92 bits per heavy atom. The van der Waals surface area contributed by atoms with Gasteiger partial charge in [0.2, 0.25) is 0 Å². The van der Waals surface area contributed by atoms with Crippen molar-refractivity contribution in [1.29, 1.82) is 0 Å². The molecule has 124 valence electrons. The molecule has 0 radical (unpaired) electrons. The largest absolute Gasteiger partial charge is 0.465 e. The van der Waals surface area contributed by atoms with Crippen LogP contribution in [0.1, 0.15) is 22.8 Å². The highest BCUT2D eigenvalue weighted by Gasteiger charge is 2.40. The lowest BCUT2D eigenvalue weighted by Crippen LogP contribution is -2.28. The predicted molar refractivity (Wildman–Crippen MR) is 89.4 cm³/mol. The number of epoxide rings is 1. The number of benzene rings is 2. The number of methoxy groups -OCH3 is 1. The average Bonchev–Trinajstić information content (AvgIpc) is 3.36. The molecule has 3 rings (SSSR count). The van der Waals surface area contributed by atoms with Gasteiger partial charge in [0.05, 0.1) is 18.8 Å². The van der Waals surface area contributed by atoms with Gasteiger partial charge in [-0.1, -0.05) is 36.4 Å². The van der Waals surface area contributed by atoms with E-state index in [1.165, 1.54) is 7.11 Å². The molecule has 0 aromatic heterocycles. The minimum Gasteiger partial charge on any atom is -0.465 e. The van der Waals surface area contributed by atoms with Crippen LogP contribution in [0.5, 0.6) is 0 Å². The molecule has 1 N–H and O–H groups in total. The molecule has 1 aliphatic heterocycles. The van der Waals surface area contributed by atoms with Crippen LogP contribution in [-0.2, 0) is 20.8 Å². The van der Waals surface area contributed by atoms with Gasteiger partial charge in [-0.05, 0) is 35.7 Å². The summed E-state index contributed by atoms with van der Waals surface area (Å²) >= 11 is 0. The van der Waals surface area contributed by atoms with Crippen molar-refractivity contribution in [3.63, 3.8) is 0 Å². The first-order valence-corrected chi connectivity index (χ1v) is 7.80. The Morgan fingerprint density at radius 1 is 1.17 bits per heavy atom. The molecule has 1 saturated heterocycles.